The van der Waals surface area contributed by atoms with Gasteiger partial charge >= 0.3 is 0 Å². The van der Waals surface area contributed by atoms with Gasteiger partial charge in [-0.15, -0.1) is 0 Å². The van der Waals surface area contributed by atoms with Crippen molar-refractivity contribution in [3.05, 3.63) is 36.0 Å². The zero-order chi connectivity index (χ0) is 14.7. The van der Waals surface area contributed by atoms with Crippen LogP contribution in [0.5, 0.6) is 0 Å². The van der Waals surface area contributed by atoms with E-state index in [4.69, 9.17) is 0 Å². The predicted molar refractivity (Wildman–Crippen MR) is 83.9 cm³/mol. The molecule has 0 aliphatic carbocycles. The van der Waals surface area contributed by atoms with Crippen molar-refractivity contribution in [3.8, 4) is 0 Å². The molecule has 1 aromatic heterocycles. The lowest BCUT2D eigenvalue weighted by atomic mass is 10.0. The van der Waals surface area contributed by atoms with Gasteiger partial charge in [-0.25, -0.2) is 0 Å². The minimum Gasteiger partial charge on any atom is -0.354 e. The van der Waals surface area contributed by atoms with Crippen LogP contribution in [0.3, 0.4) is 0 Å². The Balaban J connectivity index is 2.13. The van der Waals surface area contributed by atoms with Crippen LogP contribution in [0.1, 0.15) is 39.2 Å². The fourth-order valence-corrected chi connectivity index (χ4v) is 2.24. The third-order valence-electron chi connectivity index (χ3n) is 3.48. The van der Waals surface area contributed by atoms with Gasteiger partial charge in [0.1, 0.15) is 6.54 Å². The molecule has 0 bridgehead atoms. The number of nitrogens with zero attached hydrogens (tertiary/aromatic N) is 1. The Morgan fingerprint density at radius 1 is 1.20 bits per heavy atom. The first-order valence-corrected chi connectivity index (χ1v) is 7.33. The quantitative estimate of drug-likeness (QED) is 0.887. The maximum Gasteiger partial charge on any atom is 0.239 e. The summed E-state index contributed by atoms with van der Waals surface area (Å²) in [4.78, 5) is 11.9. The second kappa shape index (κ2) is 6.12. The molecular formula is C17H24N2O. The van der Waals surface area contributed by atoms with Crippen LogP contribution in [0.25, 0.3) is 10.9 Å². The highest BCUT2D eigenvalue weighted by molar-refractivity contribution is 5.84. The van der Waals surface area contributed by atoms with Gasteiger partial charge < -0.3 is 9.88 Å². The Morgan fingerprint density at radius 3 is 2.60 bits per heavy atom. The van der Waals surface area contributed by atoms with E-state index in [2.05, 4.69) is 57.3 Å². The average Bonchev–Trinajstić information content (AvgIpc) is 2.79. The number of aromatic nitrogens is 1. The highest BCUT2D eigenvalue weighted by atomic mass is 16.1. The van der Waals surface area contributed by atoms with Crippen LogP contribution in [-0.2, 0) is 11.3 Å². The van der Waals surface area contributed by atoms with Crippen molar-refractivity contribution < 1.29 is 4.79 Å². The molecule has 1 heterocycles. The second-order valence-electron chi connectivity index (χ2n) is 6.11. The highest BCUT2D eigenvalue weighted by Crippen LogP contribution is 2.22. The number of nitrogens with one attached hydrogen (secondary N) is 1. The van der Waals surface area contributed by atoms with Crippen molar-refractivity contribution >= 4 is 16.8 Å². The van der Waals surface area contributed by atoms with Gasteiger partial charge in [0.2, 0.25) is 5.91 Å². The summed E-state index contributed by atoms with van der Waals surface area (Å²) in [7, 11) is 0. The number of fused-ring (bicyclic) bond motifs is 1. The Morgan fingerprint density at radius 2 is 1.95 bits per heavy atom. The van der Waals surface area contributed by atoms with Crippen molar-refractivity contribution in [2.24, 2.45) is 5.92 Å². The van der Waals surface area contributed by atoms with Crippen molar-refractivity contribution in [2.45, 2.75) is 40.2 Å². The molecule has 0 spiro atoms. The minimum absolute atomic E-state index is 0.0733. The largest absolute Gasteiger partial charge is 0.354 e. The molecule has 20 heavy (non-hydrogen) atoms. The first-order chi connectivity index (χ1) is 9.47. The van der Waals surface area contributed by atoms with Gasteiger partial charge in [0.05, 0.1) is 0 Å². The normalized spacial score (nSPS) is 11.5. The molecule has 0 atom stereocenters. The topological polar surface area (TPSA) is 34.0 Å². The van der Waals surface area contributed by atoms with Crippen LogP contribution in [0.2, 0.25) is 0 Å². The summed E-state index contributed by atoms with van der Waals surface area (Å²) in [5, 5.41) is 4.16. The van der Waals surface area contributed by atoms with E-state index in [0.29, 0.717) is 18.4 Å². The number of amides is 1. The summed E-state index contributed by atoms with van der Waals surface area (Å²) in [6.45, 7) is 9.69. The van der Waals surface area contributed by atoms with Crippen LogP contribution in [0.15, 0.2) is 30.5 Å². The van der Waals surface area contributed by atoms with E-state index in [1.165, 1.54) is 10.9 Å². The Kier molecular flexibility index (Phi) is 4.48. The van der Waals surface area contributed by atoms with Crippen LogP contribution in [-0.4, -0.2) is 17.0 Å². The Bertz CT molecular complexity index is 596. The number of carbonyl (C=O) groups excluding carboxylic acids is 1. The summed E-state index contributed by atoms with van der Waals surface area (Å²) in [5.41, 5.74) is 2.45. The number of rotatable bonds is 5. The van der Waals surface area contributed by atoms with Gasteiger partial charge in [0, 0.05) is 18.3 Å². The van der Waals surface area contributed by atoms with Gasteiger partial charge in [0.25, 0.3) is 0 Å². The third kappa shape index (κ3) is 3.41. The summed E-state index contributed by atoms with van der Waals surface area (Å²) < 4.78 is 2.01. The smallest absolute Gasteiger partial charge is 0.239 e. The number of hydrogen-bond donors (Lipinski definition) is 1. The second-order valence-corrected chi connectivity index (χ2v) is 6.11. The summed E-state index contributed by atoms with van der Waals surface area (Å²) >= 11 is 0. The van der Waals surface area contributed by atoms with Crippen LogP contribution in [0.4, 0.5) is 0 Å². The standard InChI is InChI=1S/C17H24N2O/c1-12(2)10-18-17(20)11-19-8-7-15-9-14(13(3)4)5-6-16(15)19/h5-9,12-13H,10-11H2,1-4H3,(H,18,20). The lowest BCUT2D eigenvalue weighted by molar-refractivity contribution is -0.121. The monoisotopic (exact) mass is 272 g/mol. The number of carbonyl (C=O) groups is 1. The van der Waals surface area contributed by atoms with Crippen molar-refractivity contribution in [3.63, 3.8) is 0 Å². The fourth-order valence-electron chi connectivity index (χ4n) is 2.24. The summed E-state index contributed by atoms with van der Waals surface area (Å²) in [5.74, 6) is 1.08. The highest BCUT2D eigenvalue weighted by Gasteiger charge is 2.08. The molecule has 0 unspecified atom stereocenters. The lowest BCUT2D eigenvalue weighted by Gasteiger charge is -2.10. The van der Waals surface area contributed by atoms with Gasteiger partial charge in [0.15, 0.2) is 0 Å². The van der Waals surface area contributed by atoms with E-state index < -0.39 is 0 Å². The van der Waals surface area contributed by atoms with E-state index in [1.54, 1.807) is 0 Å². The zero-order valence-corrected chi connectivity index (χ0v) is 12.8. The Hall–Kier alpha value is -1.77. The SMILES string of the molecule is CC(C)CNC(=O)Cn1ccc2cc(C(C)C)ccc21. The van der Waals surface area contributed by atoms with Gasteiger partial charge in [-0.3, -0.25) is 4.79 Å². The third-order valence-corrected chi connectivity index (χ3v) is 3.48. The molecule has 0 radical (unpaired) electrons. The van der Waals surface area contributed by atoms with Crippen molar-refractivity contribution in [1.82, 2.24) is 9.88 Å². The number of hydrogen-bond acceptors (Lipinski definition) is 1. The van der Waals surface area contributed by atoms with E-state index >= 15 is 0 Å². The summed E-state index contributed by atoms with van der Waals surface area (Å²) in [6.07, 6.45) is 1.99. The summed E-state index contributed by atoms with van der Waals surface area (Å²) in [6, 6.07) is 8.55. The molecule has 0 aliphatic heterocycles. The molecule has 3 heteroatoms. The van der Waals surface area contributed by atoms with Crippen LogP contribution < -0.4 is 5.32 Å². The van der Waals surface area contributed by atoms with E-state index in [0.717, 1.165) is 12.1 Å². The molecule has 1 aromatic carbocycles. The minimum atomic E-state index is 0.0733. The average molecular weight is 272 g/mol. The van der Waals surface area contributed by atoms with Crippen molar-refractivity contribution in [1.29, 1.82) is 0 Å². The maximum atomic E-state index is 11.9. The zero-order valence-electron chi connectivity index (χ0n) is 12.8. The molecule has 0 saturated carbocycles. The van der Waals surface area contributed by atoms with Crippen molar-refractivity contribution in [2.75, 3.05) is 6.54 Å². The molecular weight excluding hydrogens is 248 g/mol. The van der Waals surface area contributed by atoms with Gasteiger partial charge in [-0.05, 0) is 41.0 Å². The fraction of sp³-hybridized carbons (Fsp3) is 0.471. The molecule has 0 saturated heterocycles. The van der Waals surface area contributed by atoms with Gasteiger partial charge in [-0.2, -0.15) is 0 Å². The maximum absolute atomic E-state index is 11.9. The molecule has 1 N–H and O–H groups in total. The van der Waals surface area contributed by atoms with E-state index in [9.17, 15) is 4.79 Å². The lowest BCUT2D eigenvalue weighted by Crippen LogP contribution is -2.30. The molecule has 108 valence electrons. The Labute approximate surface area is 121 Å². The first-order valence-electron chi connectivity index (χ1n) is 7.33. The van der Waals surface area contributed by atoms with Gasteiger partial charge in [-0.1, -0.05) is 33.8 Å². The predicted octanol–water partition coefficient (Wildman–Crippen LogP) is 3.54. The molecule has 2 rings (SSSR count). The van der Waals surface area contributed by atoms with Crippen LogP contribution >= 0.6 is 0 Å². The van der Waals surface area contributed by atoms with Crippen LogP contribution in [0, 0.1) is 5.92 Å². The van der Waals surface area contributed by atoms with E-state index in [1.807, 2.05) is 10.8 Å². The molecule has 0 aliphatic rings. The molecule has 2 aromatic rings. The van der Waals surface area contributed by atoms with E-state index in [-0.39, 0.29) is 5.91 Å². The molecule has 0 fully saturated rings. The molecule has 1 amide bonds. The molecule has 3 nitrogen and oxygen atoms in total. The number of benzene rings is 1. The first kappa shape index (κ1) is 14.6.